The maximum Gasteiger partial charge on any atom is 0.158 e. The fraction of sp³-hybridized carbons (Fsp3) is 1.00. The van der Waals surface area contributed by atoms with Crippen LogP contribution in [-0.4, -0.2) is 36.3 Å². The SMILES string of the molecule is C[C@@H](O)[C@@H](N)[C@@H](C)O[C@H]1CCCCO1. The van der Waals surface area contributed by atoms with E-state index in [1.54, 1.807) is 6.92 Å². The Morgan fingerprint density at radius 2 is 2.14 bits per heavy atom. The Morgan fingerprint density at radius 1 is 1.43 bits per heavy atom. The van der Waals surface area contributed by atoms with Crippen molar-refractivity contribution in [1.82, 2.24) is 0 Å². The van der Waals surface area contributed by atoms with E-state index in [1.807, 2.05) is 6.92 Å². The van der Waals surface area contributed by atoms with Crippen LogP contribution in [0.4, 0.5) is 0 Å². The number of aliphatic hydroxyl groups is 1. The van der Waals surface area contributed by atoms with Crippen LogP contribution in [0.15, 0.2) is 0 Å². The molecule has 1 heterocycles. The van der Waals surface area contributed by atoms with Crippen LogP contribution in [0.2, 0.25) is 0 Å². The van der Waals surface area contributed by atoms with Gasteiger partial charge in [-0.1, -0.05) is 0 Å². The fourth-order valence-corrected chi connectivity index (χ4v) is 1.54. The van der Waals surface area contributed by atoms with E-state index in [4.69, 9.17) is 15.2 Å². The van der Waals surface area contributed by atoms with Crippen LogP contribution in [0.3, 0.4) is 0 Å². The molecule has 0 radical (unpaired) electrons. The monoisotopic (exact) mass is 203 g/mol. The van der Waals surface area contributed by atoms with Gasteiger partial charge in [-0.3, -0.25) is 0 Å². The zero-order valence-corrected chi connectivity index (χ0v) is 8.98. The third kappa shape index (κ3) is 3.53. The second kappa shape index (κ2) is 5.66. The van der Waals surface area contributed by atoms with Crippen molar-refractivity contribution in [3.05, 3.63) is 0 Å². The molecule has 0 unspecified atom stereocenters. The summed E-state index contributed by atoms with van der Waals surface area (Å²) in [5.41, 5.74) is 5.75. The van der Waals surface area contributed by atoms with Crippen molar-refractivity contribution in [2.75, 3.05) is 6.61 Å². The minimum atomic E-state index is -0.548. The van der Waals surface area contributed by atoms with Crippen molar-refractivity contribution < 1.29 is 14.6 Å². The minimum Gasteiger partial charge on any atom is -0.392 e. The van der Waals surface area contributed by atoms with Gasteiger partial charge < -0.3 is 20.3 Å². The Labute approximate surface area is 85.4 Å². The van der Waals surface area contributed by atoms with E-state index in [9.17, 15) is 5.11 Å². The van der Waals surface area contributed by atoms with Crippen molar-refractivity contribution in [2.45, 2.75) is 57.6 Å². The summed E-state index contributed by atoms with van der Waals surface area (Å²) in [5, 5.41) is 9.27. The van der Waals surface area contributed by atoms with Crippen LogP contribution < -0.4 is 5.73 Å². The predicted octanol–water partition coefficient (Wildman–Crippen LogP) is 0.626. The van der Waals surface area contributed by atoms with Crippen LogP contribution in [0, 0.1) is 0 Å². The lowest BCUT2D eigenvalue weighted by atomic mass is 10.1. The Balaban J connectivity index is 2.27. The number of aliphatic hydroxyl groups excluding tert-OH is 1. The van der Waals surface area contributed by atoms with E-state index < -0.39 is 6.10 Å². The molecule has 0 spiro atoms. The largest absolute Gasteiger partial charge is 0.392 e. The van der Waals surface area contributed by atoms with E-state index in [0.717, 1.165) is 25.9 Å². The molecule has 4 atom stereocenters. The lowest BCUT2D eigenvalue weighted by Gasteiger charge is -2.29. The van der Waals surface area contributed by atoms with Crippen LogP contribution in [-0.2, 0) is 9.47 Å². The molecule has 0 aromatic carbocycles. The Bertz CT molecular complexity index is 157. The number of ether oxygens (including phenoxy) is 2. The molecule has 4 nitrogen and oxygen atoms in total. The average Bonchev–Trinajstić information content (AvgIpc) is 2.18. The van der Waals surface area contributed by atoms with Crippen molar-refractivity contribution in [3.8, 4) is 0 Å². The molecule has 84 valence electrons. The molecule has 0 bridgehead atoms. The molecule has 1 saturated heterocycles. The van der Waals surface area contributed by atoms with E-state index in [1.165, 1.54) is 0 Å². The van der Waals surface area contributed by atoms with Gasteiger partial charge in [0.05, 0.1) is 18.2 Å². The van der Waals surface area contributed by atoms with Crippen LogP contribution in [0.25, 0.3) is 0 Å². The Kier molecular flexibility index (Phi) is 4.81. The summed E-state index contributed by atoms with van der Waals surface area (Å²) >= 11 is 0. The smallest absolute Gasteiger partial charge is 0.158 e. The van der Waals surface area contributed by atoms with Crippen molar-refractivity contribution in [2.24, 2.45) is 5.73 Å². The summed E-state index contributed by atoms with van der Waals surface area (Å²) in [5.74, 6) is 0. The van der Waals surface area contributed by atoms with Gasteiger partial charge >= 0.3 is 0 Å². The first-order valence-electron chi connectivity index (χ1n) is 5.32. The van der Waals surface area contributed by atoms with Gasteiger partial charge in [-0.25, -0.2) is 0 Å². The second-order valence-electron chi connectivity index (χ2n) is 3.96. The molecule has 4 heteroatoms. The molecule has 0 aromatic rings. The Hall–Kier alpha value is -0.160. The minimum absolute atomic E-state index is 0.136. The van der Waals surface area contributed by atoms with Crippen molar-refractivity contribution in [3.63, 3.8) is 0 Å². The van der Waals surface area contributed by atoms with Gasteiger partial charge in [0.2, 0.25) is 0 Å². The lowest BCUT2D eigenvalue weighted by Crippen LogP contribution is -2.45. The third-order valence-corrected chi connectivity index (χ3v) is 2.60. The molecule has 14 heavy (non-hydrogen) atoms. The van der Waals surface area contributed by atoms with Crippen molar-refractivity contribution in [1.29, 1.82) is 0 Å². The predicted molar refractivity (Wildman–Crippen MR) is 53.8 cm³/mol. The normalized spacial score (nSPS) is 29.6. The first-order valence-corrected chi connectivity index (χ1v) is 5.32. The fourth-order valence-electron chi connectivity index (χ4n) is 1.54. The van der Waals surface area contributed by atoms with Gasteiger partial charge in [0, 0.05) is 6.61 Å². The highest BCUT2D eigenvalue weighted by molar-refractivity contribution is 4.75. The van der Waals surface area contributed by atoms with Gasteiger partial charge in [0.1, 0.15) is 0 Å². The first kappa shape index (κ1) is 11.9. The standard InChI is InChI=1S/C10H21NO3/c1-7(12)10(11)8(2)14-9-5-3-4-6-13-9/h7-10,12H,3-6,11H2,1-2H3/t7-,8-,9+,10-/m1/s1. The van der Waals surface area contributed by atoms with Crippen molar-refractivity contribution >= 4 is 0 Å². The number of hydrogen-bond donors (Lipinski definition) is 2. The molecule has 1 aliphatic rings. The number of rotatable bonds is 4. The molecule has 0 saturated carbocycles. The summed E-state index contributed by atoms with van der Waals surface area (Å²) in [6.07, 6.45) is 2.32. The van der Waals surface area contributed by atoms with Gasteiger partial charge in [0.25, 0.3) is 0 Å². The van der Waals surface area contributed by atoms with Crippen LogP contribution in [0.1, 0.15) is 33.1 Å². The molecule has 1 fully saturated rings. The highest BCUT2D eigenvalue weighted by atomic mass is 16.7. The Morgan fingerprint density at radius 3 is 2.64 bits per heavy atom. The van der Waals surface area contributed by atoms with E-state index in [2.05, 4.69) is 0 Å². The van der Waals surface area contributed by atoms with Gasteiger partial charge in [0.15, 0.2) is 6.29 Å². The second-order valence-corrected chi connectivity index (χ2v) is 3.96. The maximum absolute atomic E-state index is 9.27. The van der Waals surface area contributed by atoms with Gasteiger partial charge in [-0.05, 0) is 33.1 Å². The van der Waals surface area contributed by atoms with E-state index in [0.29, 0.717) is 0 Å². The summed E-state index contributed by atoms with van der Waals surface area (Å²) in [6, 6.07) is -0.347. The molecular weight excluding hydrogens is 182 g/mol. The highest BCUT2D eigenvalue weighted by Gasteiger charge is 2.23. The maximum atomic E-state index is 9.27. The van der Waals surface area contributed by atoms with Gasteiger partial charge in [-0.15, -0.1) is 0 Å². The lowest BCUT2D eigenvalue weighted by molar-refractivity contribution is -0.192. The molecule has 0 aromatic heterocycles. The zero-order valence-electron chi connectivity index (χ0n) is 8.98. The highest BCUT2D eigenvalue weighted by Crippen LogP contribution is 2.16. The quantitative estimate of drug-likeness (QED) is 0.703. The molecule has 1 aliphatic heterocycles. The summed E-state index contributed by atoms with van der Waals surface area (Å²) in [4.78, 5) is 0. The number of hydrogen-bond acceptors (Lipinski definition) is 4. The van der Waals surface area contributed by atoms with Crippen LogP contribution in [0.5, 0.6) is 0 Å². The van der Waals surface area contributed by atoms with Crippen LogP contribution >= 0.6 is 0 Å². The van der Waals surface area contributed by atoms with E-state index in [-0.39, 0.29) is 18.4 Å². The molecule has 0 aliphatic carbocycles. The summed E-state index contributed by atoms with van der Waals surface area (Å²) < 4.78 is 11.0. The third-order valence-electron chi connectivity index (χ3n) is 2.60. The van der Waals surface area contributed by atoms with Gasteiger partial charge in [-0.2, -0.15) is 0 Å². The molecule has 3 N–H and O–H groups in total. The number of nitrogens with two attached hydrogens (primary N) is 1. The topological polar surface area (TPSA) is 64.7 Å². The molecular formula is C10H21NO3. The molecule has 0 amide bonds. The average molecular weight is 203 g/mol. The van der Waals surface area contributed by atoms with E-state index >= 15 is 0 Å². The summed E-state index contributed by atoms with van der Waals surface area (Å²) in [6.45, 7) is 4.31. The first-order chi connectivity index (χ1) is 6.61. The summed E-state index contributed by atoms with van der Waals surface area (Å²) in [7, 11) is 0. The zero-order chi connectivity index (χ0) is 10.6. The molecule has 1 rings (SSSR count).